The van der Waals surface area contributed by atoms with Gasteiger partial charge in [-0.3, -0.25) is 4.40 Å². The molecule has 3 heteroatoms. The second-order valence-corrected chi connectivity index (χ2v) is 8.06. The lowest BCUT2D eigenvalue weighted by atomic mass is 9.83. The van der Waals surface area contributed by atoms with Crippen LogP contribution in [0, 0.1) is 13.8 Å². The Hall–Kier alpha value is -2.65. The number of ether oxygens (including phenoxy) is 1. The Morgan fingerprint density at radius 3 is 2.31 bits per heavy atom. The first-order chi connectivity index (χ1) is 12.4. The van der Waals surface area contributed by atoms with E-state index in [9.17, 15) is 0 Å². The van der Waals surface area contributed by atoms with Crippen LogP contribution < -0.4 is 0 Å². The van der Waals surface area contributed by atoms with Crippen LogP contribution in [0.25, 0.3) is 27.5 Å². The molecule has 26 heavy (non-hydrogen) atoms. The van der Waals surface area contributed by atoms with Gasteiger partial charge in [-0.1, -0.05) is 24.3 Å². The van der Waals surface area contributed by atoms with Gasteiger partial charge in [0.25, 0.3) is 0 Å². The molecule has 128 valence electrons. The molecule has 4 heterocycles. The van der Waals surface area contributed by atoms with Gasteiger partial charge in [-0.2, -0.15) is 0 Å². The van der Waals surface area contributed by atoms with E-state index in [0.717, 1.165) is 11.2 Å². The average Bonchev–Trinajstić information content (AvgIpc) is 3.23. The van der Waals surface area contributed by atoms with E-state index in [1.807, 2.05) is 0 Å². The lowest BCUT2D eigenvalue weighted by molar-refractivity contribution is -0.0494. The standard InChI is InChI=1S/C23H20N2O/c1-13-14(2)25-20-12-18-17(22(3)9-10-23(18,4)26-22)11-19(20)24-21(25)16-8-6-5-7-15(13)16/h5-12H,1-4H3. The minimum absolute atomic E-state index is 0.331. The van der Waals surface area contributed by atoms with Crippen molar-refractivity contribution in [3.05, 3.63) is 70.9 Å². The minimum atomic E-state index is -0.332. The number of fused-ring (bicyclic) bond motifs is 10. The molecule has 0 aliphatic carbocycles. The zero-order chi connectivity index (χ0) is 17.8. The molecule has 2 aliphatic heterocycles. The van der Waals surface area contributed by atoms with Gasteiger partial charge in [-0.05, 0) is 74.1 Å². The van der Waals surface area contributed by atoms with Gasteiger partial charge < -0.3 is 4.74 Å². The van der Waals surface area contributed by atoms with Crippen molar-refractivity contribution in [1.82, 2.24) is 9.38 Å². The molecule has 2 unspecified atom stereocenters. The lowest BCUT2D eigenvalue weighted by Gasteiger charge is -2.18. The maximum atomic E-state index is 6.35. The molecule has 0 radical (unpaired) electrons. The molecular formula is C23H20N2O. The highest BCUT2D eigenvalue weighted by Gasteiger charge is 2.50. The predicted molar refractivity (Wildman–Crippen MR) is 105 cm³/mol. The fourth-order valence-electron chi connectivity index (χ4n) is 4.95. The molecule has 0 amide bonds. The number of aryl methyl sites for hydroxylation is 2. The lowest BCUT2D eigenvalue weighted by Crippen LogP contribution is -2.17. The van der Waals surface area contributed by atoms with Gasteiger partial charge in [-0.25, -0.2) is 4.98 Å². The summed E-state index contributed by atoms with van der Waals surface area (Å²) < 4.78 is 8.66. The third kappa shape index (κ3) is 1.48. The van der Waals surface area contributed by atoms with Gasteiger partial charge in [0.1, 0.15) is 16.8 Å². The van der Waals surface area contributed by atoms with Crippen LogP contribution in [0.3, 0.4) is 0 Å². The highest BCUT2D eigenvalue weighted by molar-refractivity contribution is 6.00. The molecule has 2 atom stereocenters. The van der Waals surface area contributed by atoms with Gasteiger partial charge in [0.05, 0.1) is 11.0 Å². The molecule has 0 fully saturated rings. The topological polar surface area (TPSA) is 26.5 Å². The third-order valence-electron chi connectivity index (χ3n) is 6.46. The van der Waals surface area contributed by atoms with Crippen molar-refractivity contribution in [3.8, 4) is 0 Å². The maximum Gasteiger partial charge on any atom is 0.146 e. The largest absolute Gasteiger partial charge is 0.351 e. The second kappa shape index (κ2) is 4.18. The molecule has 6 rings (SSSR count). The number of aromatic nitrogens is 2. The summed E-state index contributed by atoms with van der Waals surface area (Å²) >= 11 is 0. The van der Waals surface area contributed by atoms with Crippen molar-refractivity contribution in [2.24, 2.45) is 0 Å². The van der Waals surface area contributed by atoms with Crippen molar-refractivity contribution >= 4 is 27.5 Å². The average molecular weight is 340 g/mol. The Morgan fingerprint density at radius 1 is 0.923 bits per heavy atom. The third-order valence-corrected chi connectivity index (χ3v) is 6.46. The van der Waals surface area contributed by atoms with Gasteiger partial charge in [0.15, 0.2) is 0 Å². The van der Waals surface area contributed by atoms with E-state index in [1.54, 1.807) is 0 Å². The number of rotatable bonds is 0. The number of hydrogen-bond donors (Lipinski definition) is 0. The monoisotopic (exact) mass is 340 g/mol. The summed E-state index contributed by atoms with van der Waals surface area (Å²) in [5, 5.41) is 2.49. The van der Waals surface area contributed by atoms with E-state index < -0.39 is 0 Å². The maximum absolute atomic E-state index is 6.35. The molecule has 0 spiro atoms. The van der Waals surface area contributed by atoms with Crippen molar-refractivity contribution in [1.29, 1.82) is 0 Å². The summed E-state index contributed by atoms with van der Waals surface area (Å²) in [5.41, 5.74) is 7.65. The Bertz CT molecular complexity index is 1310. The summed E-state index contributed by atoms with van der Waals surface area (Å²) in [7, 11) is 0. The highest BCUT2D eigenvalue weighted by atomic mass is 16.5. The Labute approximate surface area is 151 Å². The molecule has 2 aromatic heterocycles. The smallest absolute Gasteiger partial charge is 0.146 e. The predicted octanol–water partition coefficient (Wildman–Crippen LogP) is 5.29. The Balaban J connectivity index is 1.82. The van der Waals surface area contributed by atoms with Crippen molar-refractivity contribution in [2.75, 3.05) is 0 Å². The first-order valence-corrected chi connectivity index (χ1v) is 9.17. The molecule has 3 nitrogen and oxygen atoms in total. The minimum Gasteiger partial charge on any atom is -0.351 e. The van der Waals surface area contributed by atoms with Crippen LogP contribution in [0.4, 0.5) is 0 Å². The zero-order valence-electron chi connectivity index (χ0n) is 15.4. The summed E-state index contributed by atoms with van der Waals surface area (Å²) in [6, 6.07) is 13.1. The van der Waals surface area contributed by atoms with Crippen LogP contribution >= 0.6 is 0 Å². The summed E-state index contributed by atoms with van der Waals surface area (Å²) in [6.07, 6.45) is 4.37. The fourth-order valence-corrected chi connectivity index (χ4v) is 4.95. The van der Waals surface area contributed by atoms with Crippen LogP contribution in [-0.4, -0.2) is 9.38 Å². The van der Waals surface area contributed by atoms with Gasteiger partial charge in [0, 0.05) is 11.1 Å². The van der Waals surface area contributed by atoms with E-state index in [2.05, 4.69) is 80.6 Å². The van der Waals surface area contributed by atoms with Crippen molar-refractivity contribution < 1.29 is 4.74 Å². The van der Waals surface area contributed by atoms with E-state index in [0.29, 0.717) is 0 Å². The second-order valence-electron chi connectivity index (χ2n) is 8.06. The molecule has 4 aromatic rings. The van der Waals surface area contributed by atoms with Crippen molar-refractivity contribution in [3.63, 3.8) is 0 Å². The number of pyridine rings is 1. The van der Waals surface area contributed by atoms with E-state index >= 15 is 0 Å². The summed E-state index contributed by atoms with van der Waals surface area (Å²) in [4.78, 5) is 5.04. The van der Waals surface area contributed by atoms with Crippen LogP contribution in [0.2, 0.25) is 0 Å². The first kappa shape index (κ1) is 14.5. The Kier molecular flexibility index (Phi) is 2.33. The molecule has 2 aromatic carbocycles. The van der Waals surface area contributed by atoms with Crippen LogP contribution in [0.1, 0.15) is 36.2 Å². The van der Waals surface area contributed by atoms with Crippen molar-refractivity contribution in [2.45, 2.75) is 38.9 Å². The molecule has 0 N–H and O–H groups in total. The van der Waals surface area contributed by atoms with Crippen LogP contribution in [0.5, 0.6) is 0 Å². The van der Waals surface area contributed by atoms with Gasteiger partial charge in [-0.15, -0.1) is 0 Å². The Morgan fingerprint density at radius 2 is 1.58 bits per heavy atom. The SMILES string of the molecule is Cc1c(C)n2c3cc4c(cc3nc2c2ccccc12)C1(C)C=CC4(C)O1. The normalized spacial score (nSPS) is 26.5. The van der Waals surface area contributed by atoms with E-state index in [4.69, 9.17) is 9.72 Å². The number of nitrogens with zero attached hydrogens (tertiary/aromatic N) is 2. The summed E-state index contributed by atoms with van der Waals surface area (Å²) in [6.45, 7) is 8.69. The van der Waals surface area contributed by atoms with E-state index in [-0.39, 0.29) is 11.2 Å². The van der Waals surface area contributed by atoms with Gasteiger partial charge >= 0.3 is 0 Å². The number of imidazole rings is 1. The molecular weight excluding hydrogens is 320 g/mol. The molecule has 0 saturated heterocycles. The van der Waals surface area contributed by atoms with Crippen LogP contribution in [-0.2, 0) is 15.9 Å². The molecule has 0 saturated carbocycles. The van der Waals surface area contributed by atoms with Gasteiger partial charge in [0.2, 0.25) is 0 Å². The quantitative estimate of drug-likeness (QED) is 0.407. The van der Waals surface area contributed by atoms with E-state index in [1.165, 1.54) is 38.7 Å². The fraction of sp³-hybridized carbons (Fsp3) is 0.261. The van der Waals surface area contributed by atoms with Crippen LogP contribution in [0.15, 0.2) is 48.6 Å². The first-order valence-electron chi connectivity index (χ1n) is 9.17. The molecule has 2 bridgehead atoms. The number of benzene rings is 2. The number of hydrogen-bond acceptors (Lipinski definition) is 2. The zero-order valence-corrected chi connectivity index (χ0v) is 15.4. The molecule has 2 aliphatic rings. The summed E-state index contributed by atoms with van der Waals surface area (Å²) in [5.74, 6) is 0. The highest BCUT2D eigenvalue weighted by Crippen LogP contribution is 2.54.